The van der Waals surface area contributed by atoms with Crippen LogP contribution in [0, 0.1) is 0 Å². The van der Waals surface area contributed by atoms with E-state index in [1.165, 1.54) is 0 Å². The second-order valence-corrected chi connectivity index (χ2v) is 6.09. The van der Waals surface area contributed by atoms with Crippen LogP contribution in [0.25, 0.3) is 0 Å². The van der Waals surface area contributed by atoms with Gasteiger partial charge in [0.1, 0.15) is 0 Å². The van der Waals surface area contributed by atoms with Crippen molar-refractivity contribution in [1.29, 1.82) is 0 Å². The lowest BCUT2D eigenvalue weighted by Crippen LogP contribution is -2.36. The van der Waals surface area contributed by atoms with Gasteiger partial charge in [-0.15, -0.1) is 0 Å². The summed E-state index contributed by atoms with van der Waals surface area (Å²) in [6.07, 6.45) is 2.24. The summed E-state index contributed by atoms with van der Waals surface area (Å²) in [4.78, 5) is 14.7. The number of carbonyl (C=O) groups is 1. The van der Waals surface area contributed by atoms with Crippen LogP contribution in [-0.2, 0) is 0 Å². The second-order valence-electron chi connectivity index (χ2n) is 6.09. The van der Waals surface area contributed by atoms with Gasteiger partial charge in [-0.05, 0) is 57.2 Å². The minimum absolute atomic E-state index is 0.0803. The van der Waals surface area contributed by atoms with Crippen LogP contribution in [0.5, 0.6) is 0 Å². The van der Waals surface area contributed by atoms with Crippen molar-refractivity contribution >= 4 is 17.3 Å². The lowest BCUT2D eigenvalue weighted by Gasteiger charge is -2.30. The largest absolute Gasteiger partial charge is 0.381 e. The zero-order chi connectivity index (χ0) is 16.1. The molecule has 2 aromatic carbocycles. The molecule has 0 atom stereocenters. The topological polar surface area (TPSA) is 44.4 Å². The van der Waals surface area contributed by atoms with Crippen LogP contribution in [0.1, 0.15) is 23.2 Å². The third kappa shape index (κ3) is 4.11. The first-order valence-electron chi connectivity index (χ1n) is 8.13. The lowest BCUT2D eigenvalue weighted by molar-refractivity contribution is 0.102. The molecular formula is C19H23N3O. The fourth-order valence-electron chi connectivity index (χ4n) is 2.87. The van der Waals surface area contributed by atoms with E-state index in [4.69, 9.17) is 0 Å². The van der Waals surface area contributed by atoms with Gasteiger partial charge >= 0.3 is 0 Å². The average Bonchev–Trinajstić information content (AvgIpc) is 2.59. The highest BCUT2D eigenvalue weighted by Crippen LogP contribution is 2.24. The molecule has 0 radical (unpaired) electrons. The number of piperidine rings is 1. The zero-order valence-electron chi connectivity index (χ0n) is 13.5. The number of likely N-dealkylation sites (tertiary alicyclic amines) is 1. The summed E-state index contributed by atoms with van der Waals surface area (Å²) in [7, 11) is 2.16. The van der Waals surface area contributed by atoms with Gasteiger partial charge in [0.05, 0.1) is 11.4 Å². The van der Waals surface area contributed by atoms with E-state index >= 15 is 0 Å². The van der Waals surface area contributed by atoms with Crippen molar-refractivity contribution < 1.29 is 4.79 Å². The highest BCUT2D eigenvalue weighted by molar-refractivity contribution is 6.05. The second kappa shape index (κ2) is 7.29. The molecule has 0 bridgehead atoms. The minimum Gasteiger partial charge on any atom is -0.381 e. The Morgan fingerprint density at radius 3 is 2.26 bits per heavy atom. The Morgan fingerprint density at radius 2 is 1.57 bits per heavy atom. The number of benzene rings is 2. The quantitative estimate of drug-likeness (QED) is 0.909. The molecule has 2 N–H and O–H groups in total. The van der Waals surface area contributed by atoms with E-state index in [2.05, 4.69) is 22.6 Å². The van der Waals surface area contributed by atoms with Crippen molar-refractivity contribution in [3.05, 3.63) is 60.2 Å². The van der Waals surface area contributed by atoms with Gasteiger partial charge in [-0.2, -0.15) is 0 Å². The fraction of sp³-hybridized carbons (Fsp3) is 0.316. The average molecular weight is 309 g/mol. The highest BCUT2D eigenvalue weighted by atomic mass is 16.1. The number of amides is 1. The van der Waals surface area contributed by atoms with Crippen molar-refractivity contribution in [3.63, 3.8) is 0 Å². The Morgan fingerprint density at radius 1 is 0.957 bits per heavy atom. The van der Waals surface area contributed by atoms with Gasteiger partial charge in [-0.1, -0.05) is 30.3 Å². The van der Waals surface area contributed by atoms with Gasteiger partial charge in [0.15, 0.2) is 0 Å². The molecule has 23 heavy (non-hydrogen) atoms. The first-order chi connectivity index (χ1) is 11.2. The van der Waals surface area contributed by atoms with Gasteiger partial charge in [-0.25, -0.2) is 0 Å². The Hall–Kier alpha value is -2.33. The van der Waals surface area contributed by atoms with Gasteiger partial charge in [0, 0.05) is 11.6 Å². The maximum absolute atomic E-state index is 12.4. The first-order valence-corrected chi connectivity index (χ1v) is 8.13. The van der Waals surface area contributed by atoms with E-state index in [0.717, 1.165) is 37.3 Å². The summed E-state index contributed by atoms with van der Waals surface area (Å²) in [6.45, 7) is 2.21. The summed E-state index contributed by atoms with van der Waals surface area (Å²) in [5.74, 6) is -0.0803. The van der Waals surface area contributed by atoms with Crippen LogP contribution in [0.15, 0.2) is 54.6 Å². The van der Waals surface area contributed by atoms with Gasteiger partial charge in [-0.3, -0.25) is 4.79 Å². The molecule has 2 aromatic rings. The van der Waals surface area contributed by atoms with Crippen molar-refractivity contribution in [2.75, 3.05) is 30.8 Å². The zero-order valence-corrected chi connectivity index (χ0v) is 13.5. The molecule has 0 unspecified atom stereocenters. The molecule has 3 rings (SSSR count). The summed E-state index contributed by atoms with van der Waals surface area (Å²) in [5.41, 5.74) is 2.49. The number of hydrogen-bond acceptors (Lipinski definition) is 3. The molecule has 1 aliphatic rings. The van der Waals surface area contributed by atoms with E-state index in [-0.39, 0.29) is 5.91 Å². The number of rotatable bonds is 4. The number of hydrogen-bond donors (Lipinski definition) is 2. The summed E-state index contributed by atoms with van der Waals surface area (Å²) in [5, 5.41) is 6.60. The smallest absolute Gasteiger partial charge is 0.255 e. The molecule has 120 valence electrons. The fourth-order valence-corrected chi connectivity index (χ4v) is 2.87. The minimum atomic E-state index is -0.0803. The predicted octanol–water partition coefficient (Wildman–Crippen LogP) is 3.45. The van der Waals surface area contributed by atoms with Crippen molar-refractivity contribution in [3.8, 4) is 0 Å². The molecule has 4 heteroatoms. The van der Waals surface area contributed by atoms with E-state index in [9.17, 15) is 4.79 Å². The van der Waals surface area contributed by atoms with Crippen LogP contribution in [0.4, 0.5) is 11.4 Å². The van der Waals surface area contributed by atoms with Crippen LogP contribution in [-0.4, -0.2) is 37.0 Å². The third-order valence-corrected chi connectivity index (χ3v) is 4.29. The Balaban J connectivity index is 1.69. The van der Waals surface area contributed by atoms with Crippen LogP contribution in [0.2, 0.25) is 0 Å². The predicted molar refractivity (Wildman–Crippen MR) is 95.0 cm³/mol. The summed E-state index contributed by atoms with van der Waals surface area (Å²) < 4.78 is 0. The summed E-state index contributed by atoms with van der Waals surface area (Å²) in [6, 6.07) is 17.7. The van der Waals surface area contributed by atoms with Crippen LogP contribution in [0.3, 0.4) is 0 Å². The van der Waals surface area contributed by atoms with Crippen molar-refractivity contribution in [1.82, 2.24) is 4.90 Å². The van der Waals surface area contributed by atoms with Gasteiger partial charge in [0.2, 0.25) is 0 Å². The molecule has 0 aliphatic carbocycles. The maximum atomic E-state index is 12.4. The third-order valence-electron chi connectivity index (χ3n) is 4.29. The number of carbonyl (C=O) groups excluding carboxylic acids is 1. The molecule has 1 saturated heterocycles. The molecular weight excluding hydrogens is 286 g/mol. The molecule has 1 aliphatic heterocycles. The van der Waals surface area contributed by atoms with Crippen molar-refractivity contribution in [2.45, 2.75) is 18.9 Å². The molecule has 0 saturated carbocycles. The monoisotopic (exact) mass is 309 g/mol. The van der Waals surface area contributed by atoms with Crippen LogP contribution < -0.4 is 10.6 Å². The molecule has 1 fully saturated rings. The van der Waals surface area contributed by atoms with E-state index in [1.54, 1.807) is 0 Å². The van der Waals surface area contributed by atoms with Gasteiger partial charge < -0.3 is 15.5 Å². The lowest BCUT2D eigenvalue weighted by atomic mass is 10.0. The normalized spacial score (nSPS) is 16.0. The number of nitrogens with zero attached hydrogens (tertiary/aromatic N) is 1. The first kappa shape index (κ1) is 15.6. The van der Waals surface area contributed by atoms with Crippen LogP contribution >= 0.6 is 0 Å². The number of nitrogens with one attached hydrogen (secondary N) is 2. The molecule has 1 amide bonds. The van der Waals surface area contributed by atoms with Crippen molar-refractivity contribution in [2.24, 2.45) is 0 Å². The molecule has 0 spiro atoms. The molecule has 0 aromatic heterocycles. The van der Waals surface area contributed by atoms with E-state index in [0.29, 0.717) is 11.6 Å². The number of anilines is 2. The highest BCUT2D eigenvalue weighted by Gasteiger charge is 2.17. The molecule has 1 heterocycles. The Kier molecular flexibility index (Phi) is 4.93. The summed E-state index contributed by atoms with van der Waals surface area (Å²) >= 11 is 0. The Labute approximate surface area is 137 Å². The number of para-hydroxylation sites is 2. The standard InChI is InChI=1S/C19H23N3O/c1-22-13-11-16(12-14-22)20-17-9-5-6-10-18(17)21-19(23)15-7-3-2-4-8-15/h2-10,16,20H,11-14H2,1H3,(H,21,23). The SMILES string of the molecule is CN1CCC(Nc2ccccc2NC(=O)c2ccccc2)CC1. The van der Waals surface area contributed by atoms with Gasteiger partial charge in [0.25, 0.3) is 5.91 Å². The van der Waals surface area contributed by atoms with E-state index < -0.39 is 0 Å². The Bertz CT molecular complexity index is 649. The maximum Gasteiger partial charge on any atom is 0.255 e. The molecule has 4 nitrogen and oxygen atoms in total. The van der Waals surface area contributed by atoms with E-state index in [1.807, 2.05) is 54.6 Å².